The third-order valence-electron chi connectivity index (χ3n) is 3.23. The SMILES string of the molecule is CCOc1ccc(Cl)cc1C(CN)Cc1ccncc1. The summed E-state index contributed by atoms with van der Waals surface area (Å²) in [6.45, 7) is 3.14. The van der Waals surface area contributed by atoms with Crippen molar-refractivity contribution in [2.45, 2.75) is 19.3 Å². The molecule has 1 unspecified atom stereocenters. The van der Waals surface area contributed by atoms with Crippen molar-refractivity contribution in [2.75, 3.05) is 13.2 Å². The average molecular weight is 291 g/mol. The van der Waals surface area contributed by atoms with Crippen LogP contribution in [-0.2, 0) is 6.42 Å². The van der Waals surface area contributed by atoms with Gasteiger partial charge in [-0.2, -0.15) is 0 Å². The molecular formula is C16H19ClN2O. The zero-order chi connectivity index (χ0) is 14.4. The minimum absolute atomic E-state index is 0.178. The number of aromatic nitrogens is 1. The summed E-state index contributed by atoms with van der Waals surface area (Å²) >= 11 is 6.11. The van der Waals surface area contributed by atoms with Crippen molar-refractivity contribution in [1.29, 1.82) is 0 Å². The van der Waals surface area contributed by atoms with Crippen LogP contribution < -0.4 is 10.5 Å². The summed E-state index contributed by atoms with van der Waals surface area (Å²) in [6, 6.07) is 9.72. The number of rotatable bonds is 6. The summed E-state index contributed by atoms with van der Waals surface area (Å²) < 4.78 is 5.69. The molecule has 2 N–H and O–H groups in total. The second kappa shape index (κ2) is 7.27. The summed E-state index contributed by atoms with van der Waals surface area (Å²) in [5, 5.41) is 0.705. The van der Waals surface area contributed by atoms with Crippen LogP contribution >= 0.6 is 11.6 Å². The summed E-state index contributed by atoms with van der Waals surface area (Å²) in [4.78, 5) is 4.04. The summed E-state index contributed by atoms with van der Waals surface area (Å²) in [7, 11) is 0. The van der Waals surface area contributed by atoms with Crippen molar-refractivity contribution < 1.29 is 4.74 Å². The molecule has 0 amide bonds. The van der Waals surface area contributed by atoms with Crippen LogP contribution in [0.15, 0.2) is 42.7 Å². The van der Waals surface area contributed by atoms with Gasteiger partial charge in [-0.05, 0) is 55.8 Å². The van der Waals surface area contributed by atoms with Crippen LogP contribution in [0.5, 0.6) is 5.75 Å². The summed E-state index contributed by atoms with van der Waals surface area (Å²) in [5.41, 5.74) is 8.23. The highest BCUT2D eigenvalue weighted by atomic mass is 35.5. The number of nitrogens with two attached hydrogens (primary N) is 1. The van der Waals surface area contributed by atoms with E-state index < -0.39 is 0 Å². The van der Waals surface area contributed by atoms with Crippen molar-refractivity contribution in [3.63, 3.8) is 0 Å². The van der Waals surface area contributed by atoms with Crippen LogP contribution in [0, 0.1) is 0 Å². The first-order valence-electron chi connectivity index (χ1n) is 6.75. The third kappa shape index (κ3) is 3.71. The fraction of sp³-hybridized carbons (Fsp3) is 0.312. The number of benzene rings is 1. The molecule has 0 aliphatic rings. The maximum absolute atomic E-state index is 6.11. The predicted octanol–water partition coefficient (Wildman–Crippen LogP) is 3.42. The van der Waals surface area contributed by atoms with Gasteiger partial charge >= 0.3 is 0 Å². The van der Waals surface area contributed by atoms with Gasteiger partial charge in [0.15, 0.2) is 0 Å². The van der Waals surface area contributed by atoms with E-state index in [1.807, 2.05) is 37.3 Å². The Balaban J connectivity index is 2.28. The molecule has 1 heterocycles. The topological polar surface area (TPSA) is 48.1 Å². The van der Waals surface area contributed by atoms with E-state index in [9.17, 15) is 0 Å². The normalized spacial score (nSPS) is 12.2. The second-order valence-corrected chi connectivity index (χ2v) is 5.04. The van der Waals surface area contributed by atoms with E-state index in [1.165, 1.54) is 5.56 Å². The predicted molar refractivity (Wildman–Crippen MR) is 82.4 cm³/mol. The minimum atomic E-state index is 0.178. The molecule has 106 valence electrons. The lowest BCUT2D eigenvalue weighted by Crippen LogP contribution is -2.16. The van der Waals surface area contributed by atoms with E-state index >= 15 is 0 Å². The first-order valence-corrected chi connectivity index (χ1v) is 7.13. The molecule has 2 rings (SSSR count). The number of halogens is 1. The molecule has 0 saturated carbocycles. The molecule has 0 spiro atoms. The Morgan fingerprint density at radius 1 is 1.25 bits per heavy atom. The molecule has 0 radical (unpaired) electrons. The van der Waals surface area contributed by atoms with E-state index in [0.717, 1.165) is 17.7 Å². The Kier molecular flexibility index (Phi) is 5.39. The van der Waals surface area contributed by atoms with Gasteiger partial charge < -0.3 is 10.5 Å². The van der Waals surface area contributed by atoms with E-state index in [0.29, 0.717) is 18.2 Å². The van der Waals surface area contributed by atoms with Gasteiger partial charge in [-0.15, -0.1) is 0 Å². The number of pyridine rings is 1. The lowest BCUT2D eigenvalue weighted by atomic mass is 9.91. The zero-order valence-corrected chi connectivity index (χ0v) is 12.3. The van der Waals surface area contributed by atoms with Gasteiger partial charge in [0.2, 0.25) is 0 Å². The number of nitrogens with zero attached hydrogens (tertiary/aromatic N) is 1. The molecule has 0 bridgehead atoms. The molecule has 0 fully saturated rings. The molecule has 1 atom stereocenters. The maximum atomic E-state index is 6.11. The van der Waals surface area contributed by atoms with Gasteiger partial charge in [0.25, 0.3) is 0 Å². The zero-order valence-electron chi connectivity index (χ0n) is 11.6. The summed E-state index contributed by atoms with van der Waals surface area (Å²) in [5.74, 6) is 1.04. The van der Waals surface area contributed by atoms with Crippen molar-refractivity contribution in [2.24, 2.45) is 5.73 Å². The third-order valence-corrected chi connectivity index (χ3v) is 3.46. The monoisotopic (exact) mass is 290 g/mol. The van der Waals surface area contributed by atoms with Crippen LogP contribution in [0.25, 0.3) is 0 Å². The molecule has 0 aliphatic carbocycles. The fourth-order valence-corrected chi connectivity index (χ4v) is 2.43. The smallest absolute Gasteiger partial charge is 0.122 e. The average Bonchev–Trinajstić information content (AvgIpc) is 2.48. The Morgan fingerprint density at radius 2 is 2.00 bits per heavy atom. The lowest BCUT2D eigenvalue weighted by Gasteiger charge is -2.19. The minimum Gasteiger partial charge on any atom is -0.494 e. The van der Waals surface area contributed by atoms with E-state index in [1.54, 1.807) is 12.4 Å². The van der Waals surface area contributed by atoms with Crippen molar-refractivity contribution >= 4 is 11.6 Å². The molecule has 0 aliphatic heterocycles. The van der Waals surface area contributed by atoms with Crippen LogP contribution in [0.4, 0.5) is 0 Å². The first kappa shape index (κ1) is 14.8. The lowest BCUT2D eigenvalue weighted by molar-refractivity contribution is 0.334. The summed E-state index contributed by atoms with van der Waals surface area (Å²) in [6.07, 6.45) is 4.44. The van der Waals surface area contributed by atoms with Gasteiger partial charge in [0.1, 0.15) is 5.75 Å². The standard InChI is InChI=1S/C16H19ClN2O/c1-2-20-16-4-3-14(17)10-15(16)13(11-18)9-12-5-7-19-8-6-12/h3-8,10,13H,2,9,11,18H2,1H3. The van der Waals surface area contributed by atoms with Crippen LogP contribution in [-0.4, -0.2) is 18.1 Å². The van der Waals surface area contributed by atoms with Gasteiger partial charge in [-0.1, -0.05) is 11.6 Å². The van der Waals surface area contributed by atoms with Crippen LogP contribution in [0.2, 0.25) is 5.02 Å². The molecular weight excluding hydrogens is 272 g/mol. The Bertz CT molecular complexity index is 545. The fourth-order valence-electron chi connectivity index (χ4n) is 2.25. The van der Waals surface area contributed by atoms with E-state index in [2.05, 4.69) is 4.98 Å². The van der Waals surface area contributed by atoms with Gasteiger partial charge in [0, 0.05) is 28.9 Å². The van der Waals surface area contributed by atoms with Crippen LogP contribution in [0.1, 0.15) is 24.0 Å². The molecule has 0 saturated heterocycles. The highest BCUT2D eigenvalue weighted by molar-refractivity contribution is 6.30. The number of hydrogen-bond donors (Lipinski definition) is 1. The second-order valence-electron chi connectivity index (χ2n) is 4.61. The highest BCUT2D eigenvalue weighted by Gasteiger charge is 2.16. The molecule has 2 aromatic rings. The quantitative estimate of drug-likeness (QED) is 0.887. The Morgan fingerprint density at radius 3 is 2.65 bits per heavy atom. The van der Waals surface area contributed by atoms with Crippen molar-refractivity contribution in [3.05, 3.63) is 58.9 Å². The number of hydrogen-bond acceptors (Lipinski definition) is 3. The van der Waals surface area contributed by atoms with Crippen molar-refractivity contribution in [1.82, 2.24) is 4.98 Å². The first-order chi connectivity index (χ1) is 9.74. The molecule has 20 heavy (non-hydrogen) atoms. The van der Waals surface area contributed by atoms with Gasteiger partial charge in [0.05, 0.1) is 6.61 Å². The van der Waals surface area contributed by atoms with E-state index in [-0.39, 0.29) is 5.92 Å². The van der Waals surface area contributed by atoms with E-state index in [4.69, 9.17) is 22.1 Å². The van der Waals surface area contributed by atoms with Crippen LogP contribution in [0.3, 0.4) is 0 Å². The largest absolute Gasteiger partial charge is 0.494 e. The molecule has 3 nitrogen and oxygen atoms in total. The molecule has 1 aromatic carbocycles. The van der Waals surface area contributed by atoms with Gasteiger partial charge in [-0.3, -0.25) is 4.98 Å². The Hall–Kier alpha value is -1.58. The number of ether oxygens (including phenoxy) is 1. The molecule has 4 heteroatoms. The maximum Gasteiger partial charge on any atom is 0.122 e. The molecule has 1 aromatic heterocycles. The Labute approximate surface area is 124 Å². The van der Waals surface area contributed by atoms with Gasteiger partial charge in [-0.25, -0.2) is 0 Å². The van der Waals surface area contributed by atoms with Crippen molar-refractivity contribution in [3.8, 4) is 5.75 Å². The highest BCUT2D eigenvalue weighted by Crippen LogP contribution is 2.31.